The van der Waals surface area contributed by atoms with Gasteiger partial charge in [0.1, 0.15) is 6.54 Å². The largest absolute Gasteiger partial charge is 0.545 e. The molecule has 0 spiro atoms. The third kappa shape index (κ3) is 9.93. The molecule has 0 fully saturated rings. The van der Waals surface area contributed by atoms with E-state index < -0.39 is 5.97 Å². The number of carboxylic acid groups (broad SMARTS) is 1. The summed E-state index contributed by atoms with van der Waals surface area (Å²) in [5.41, 5.74) is 0.245. The van der Waals surface area contributed by atoms with Crippen LogP contribution in [0.15, 0.2) is 24.5 Å². The molecule has 0 atom stereocenters. The molecule has 0 saturated carbocycles. The van der Waals surface area contributed by atoms with Crippen molar-refractivity contribution in [2.45, 2.75) is 77.7 Å². The van der Waals surface area contributed by atoms with E-state index in [4.69, 9.17) is 0 Å². The number of unbranched alkanes of at least 4 members (excludes halogenated alkanes) is 9. The van der Waals surface area contributed by atoms with Crippen molar-refractivity contribution in [1.82, 2.24) is 0 Å². The number of hydrogen-bond acceptors (Lipinski definition) is 2. The molecule has 0 amide bonds. The second-order valence-corrected chi connectivity index (χ2v) is 5.79. The second-order valence-electron chi connectivity index (χ2n) is 5.79. The van der Waals surface area contributed by atoms with Gasteiger partial charge in [-0.1, -0.05) is 58.3 Å². The van der Waals surface area contributed by atoms with Gasteiger partial charge in [0.05, 0.1) is 5.97 Å². The molecule has 126 valence electrons. The molecule has 0 bridgehead atoms. The summed E-state index contributed by atoms with van der Waals surface area (Å²) in [7, 11) is 0. The highest BCUT2D eigenvalue weighted by atomic mass is 79.9. The Hall–Kier alpha value is -0.900. The van der Waals surface area contributed by atoms with Crippen molar-refractivity contribution in [3.8, 4) is 0 Å². The van der Waals surface area contributed by atoms with Crippen molar-refractivity contribution < 1.29 is 14.5 Å². The molecule has 1 aromatic rings. The van der Waals surface area contributed by atoms with Crippen LogP contribution in [0, 0.1) is 0 Å². The van der Waals surface area contributed by atoms with Gasteiger partial charge in [0.15, 0.2) is 12.4 Å². The Labute approximate surface area is 145 Å². The highest BCUT2D eigenvalue weighted by molar-refractivity contribution is 8.93. The van der Waals surface area contributed by atoms with Gasteiger partial charge in [0.2, 0.25) is 0 Å². The number of nitrogens with zero attached hydrogens (tertiary/aromatic N) is 1. The van der Waals surface area contributed by atoms with E-state index in [-0.39, 0.29) is 22.5 Å². The molecule has 0 aliphatic carbocycles. The predicted octanol–water partition coefficient (Wildman–Crippen LogP) is 3.84. The molecule has 1 heterocycles. The van der Waals surface area contributed by atoms with Crippen LogP contribution in [-0.4, -0.2) is 5.97 Å². The highest BCUT2D eigenvalue weighted by Crippen LogP contribution is 2.10. The standard InChI is InChI=1S/C18H29NO2.BrH/c1-2-3-4-5-6-7-8-9-10-11-14-19-15-12-17(13-16-19)18(20)21;/h12-13,15-16H,2-11,14H2,1H3;1H. The third-order valence-electron chi connectivity index (χ3n) is 3.90. The molecule has 0 radical (unpaired) electrons. The fourth-order valence-electron chi connectivity index (χ4n) is 2.52. The second kappa shape index (κ2) is 13.7. The number of hydrogen-bond donors (Lipinski definition) is 0. The molecule has 4 heteroatoms. The minimum Gasteiger partial charge on any atom is -0.545 e. The van der Waals surface area contributed by atoms with E-state index in [1.165, 1.54) is 57.8 Å². The van der Waals surface area contributed by atoms with Crippen LogP contribution in [-0.2, 0) is 6.54 Å². The highest BCUT2D eigenvalue weighted by Gasteiger charge is 2.01. The minimum atomic E-state index is -1.11. The van der Waals surface area contributed by atoms with Crippen molar-refractivity contribution >= 4 is 23.0 Å². The zero-order valence-electron chi connectivity index (χ0n) is 13.8. The Balaban J connectivity index is 0.00000441. The van der Waals surface area contributed by atoms with Gasteiger partial charge in [-0.25, -0.2) is 4.57 Å². The summed E-state index contributed by atoms with van der Waals surface area (Å²) < 4.78 is 2.04. The molecule has 22 heavy (non-hydrogen) atoms. The summed E-state index contributed by atoms with van der Waals surface area (Å²) >= 11 is 0. The van der Waals surface area contributed by atoms with Gasteiger partial charge in [-0.3, -0.25) is 0 Å². The molecule has 0 unspecified atom stereocenters. The van der Waals surface area contributed by atoms with E-state index in [2.05, 4.69) is 6.92 Å². The van der Waals surface area contributed by atoms with Crippen LogP contribution in [0.25, 0.3) is 0 Å². The molecule has 3 nitrogen and oxygen atoms in total. The van der Waals surface area contributed by atoms with Crippen LogP contribution in [0.5, 0.6) is 0 Å². The number of carbonyl (C=O) groups excluding carboxylic acids is 1. The molecule has 0 N–H and O–H groups in total. The summed E-state index contributed by atoms with van der Waals surface area (Å²) in [4.78, 5) is 10.6. The lowest BCUT2D eigenvalue weighted by Crippen LogP contribution is -2.33. The maximum absolute atomic E-state index is 10.6. The zero-order valence-corrected chi connectivity index (χ0v) is 15.5. The number of pyridine rings is 1. The molecule has 0 aliphatic heterocycles. The van der Waals surface area contributed by atoms with Crippen molar-refractivity contribution in [2.24, 2.45) is 0 Å². The van der Waals surface area contributed by atoms with Gasteiger partial charge in [-0.05, 0) is 6.42 Å². The van der Waals surface area contributed by atoms with Crippen LogP contribution >= 0.6 is 17.0 Å². The number of halogens is 1. The molecular weight excluding hydrogens is 342 g/mol. The first-order chi connectivity index (χ1) is 10.2. The Kier molecular flexibility index (Phi) is 13.2. The van der Waals surface area contributed by atoms with E-state index >= 15 is 0 Å². The maximum Gasteiger partial charge on any atom is 0.169 e. The lowest BCUT2D eigenvalue weighted by atomic mass is 10.1. The average molecular weight is 372 g/mol. The third-order valence-corrected chi connectivity index (χ3v) is 3.90. The number of aromatic carboxylic acids is 1. The summed E-state index contributed by atoms with van der Waals surface area (Å²) in [6, 6.07) is 3.21. The quantitative estimate of drug-likeness (QED) is 0.413. The SMILES string of the molecule is Br.CCCCCCCCCCCC[n+]1ccc(C(=O)[O-])cc1. The van der Waals surface area contributed by atoms with Crippen molar-refractivity contribution in [3.63, 3.8) is 0 Å². The molecule has 1 rings (SSSR count). The molecule has 0 saturated heterocycles. The van der Waals surface area contributed by atoms with Gasteiger partial charge in [-0.15, -0.1) is 17.0 Å². The number of carbonyl (C=O) groups is 1. The first-order valence-corrected chi connectivity index (χ1v) is 8.44. The summed E-state index contributed by atoms with van der Waals surface area (Å²) in [6.07, 6.45) is 17.0. The van der Waals surface area contributed by atoms with Crippen LogP contribution < -0.4 is 9.67 Å². The Bertz CT molecular complexity index is 393. The van der Waals surface area contributed by atoms with Gasteiger partial charge in [-0.2, -0.15) is 0 Å². The summed E-state index contributed by atoms with van der Waals surface area (Å²) in [6.45, 7) is 3.22. The van der Waals surface area contributed by atoms with E-state index in [1.54, 1.807) is 12.1 Å². The molecule has 1 aromatic heterocycles. The van der Waals surface area contributed by atoms with Crippen LogP contribution in [0.3, 0.4) is 0 Å². The first-order valence-electron chi connectivity index (χ1n) is 8.44. The monoisotopic (exact) mass is 371 g/mol. The van der Waals surface area contributed by atoms with Gasteiger partial charge < -0.3 is 9.90 Å². The van der Waals surface area contributed by atoms with Gasteiger partial charge >= 0.3 is 0 Å². The Morgan fingerprint density at radius 3 is 1.82 bits per heavy atom. The zero-order chi connectivity index (χ0) is 15.3. The van der Waals surface area contributed by atoms with Gasteiger partial charge in [0, 0.05) is 24.1 Å². The number of carboxylic acids is 1. The Morgan fingerprint density at radius 1 is 0.909 bits per heavy atom. The lowest BCUT2D eigenvalue weighted by molar-refractivity contribution is -0.697. The fourth-order valence-corrected chi connectivity index (χ4v) is 2.52. The average Bonchev–Trinajstić information content (AvgIpc) is 2.49. The fraction of sp³-hybridized carbons (Fsp3) is 0.667. The van der Waals surface area contributed by atoms with Crippen molar-refractivity contribution in [3.05, 3.63) is 30.1 Å². The summed E-state index contributed by atoms with van der Waals surface area (Å²) in [5.74, 6) is -1.11. The lowest BCUT2D eigenvalue weighted by Gasteiger charge is -2.02. The first kappa shape index (κ1) is 21.1. The minimum absolute atomic E-state index is 0. The number of aryl methyl sites for hydroxylation is 1. The Morgan fingerprint density at radius 2 is 1.36 bits per heavy atom. The van der Waals surface area contributed by atoms with Crippen molar-refractivity contribution in [2.75, 3.05) is 0 Å². The topological polar surface area (TPSA) is 44.0 Å². The predicted molar refractivity (Wildman–Crippen MR) is 93.1 cm³/mol. The van der Waals surface area contributed by atoms with Crippen LogP contribution in [0.4, 0.5) is 0 Å². The molecule has 0 aromatic carbocycles. The van der Waals surface area contributed by atoms with E-state index in [9.17, 15) is 9.90 Å². The number of rotatable bonds is 12. The normalized spacial score (nSPS) is 10.2. The van der Waals surface area contributed by atoms with E-state index in [0.717, 1.165) is 13.0 Å². The van der Waals surface area contributed by atoms with Gasteiger partial charge in [0.25, 0.3) is 0 Å². The maximum atomic E-state index is 10.6. The van der Waals surface area contributed by atoms with Crippen molar-refractivity contribution in [1.29, 1.82) is 0 Å². The molecule has 0 aliphatic rings. The van der Waals surface area contributed by atoms with Crippen LogP contribution in [0.1, 0.15) is 81.5 Å². The number of aromatic nitrogens is 1. The van der Waals surface area contributed by atoms with E-state index in [0.29, 0.717) is 0 Å². The van der Waals surface area contributed by atoms with E-state index in [1.807, 2.05) is 17.0 Å². The summed E-state index contributed by atoms with van der Waals surface area (Å²) in [5, 5.41) is 10.6. The molecular formula is C18H30BrNO2. The van der Waals surface area contributed by atoms with Crippen LogP contribution in [0.2, 0.25) is 0 Å². The smallest absolute Gasteiger partial charge is 0.169 e.